The van der Waals surface area contributed by atoms with Crippen LogP contribution in [-0.4, -0.2) is 40.8 Å². The average Bonchev–Trinajstić information content (AvgIpc) is 2.68. The Bertz CT molecular complexity index is 919. The monoisotopic (exact) mass is 417 g/mol. The first-order valence-electron chi connectivity index (χ1n) is 8.76. The number of anilines is 1. The van der Waals surface area contributed by atoms with Gasteiger partial charge < -0.3 is 10.1 Å². The van der Waals surface area contributed by atoms with Gasteiger partial charge >= 0.3 is 0 Å². The zero-order valence-corrected chi connectivity index (χ0v) is 17.1. The number of halogens is 1. The Morgan fingerprint density at radius 2 is 2.11 bits per heavy atom. The molecule has 6 nitrogen and oxygen atoms in total. The van der Waals surface area contributed by atoms with Gasteiger partial charge in [0.05, 0.1) is 12.8 Å². The molecule has 0 aromatic heterocycles. The Morgan fingerprint density at radius 3 is 2.82 bits per heavy atom. The van der Waals surface area contributed by atoms with E-state index >= 15 is 0 Å². The molecule has 28 heavy (non-hydrogen) atoms. The molecule has 146 valence electrons. The molecule has 0 bridgehead atoms. The fraction of sp³-hybridized carbons (Fsp3) is 0.250. The largest absolute Gasteiger partial charge is 0.497 e. The Morgan fingerprint density at radius 1 is 1.32 bits per heavy atom. The summed E-state index contributed by atoms with van der Waals surface area (Å²) in [4.78, 5) is 31.4. The summed E-state index contributed by atoms with van der Waals surface area (Å²) < 4.78 is 5.17. The van der Waals surface area contributed by atoms with Crippen LogP contribution in [0.25, 0.3) is 0 Å². The van der Waals surface area contributed by atoms with Gasteiger partial charge in [-0.1, -0.05) is 35.5 Å². The van der Waals surface area contributed by atoms with Crippen molar-refractivity contribution >= 4 is 51.7 Å². The van der Waals surface area contributed by atoms with Crippen LogP contribution in [0, 0.1) is 0 Å². The van der Waals surface area contributed by atoms with Crippen LogP contribution in [0.4, 0.5) is 11.4 Å². The molecule has 0 radical (unpaired) electrons. The van der Waals surface area contributed by atoms with Crippen LogP contribution in [0.3, 0.4) is 0 Å². The van der Waals surface area contributed by atoms with Gasteiger partial charge in [-0.05, 0) is 37.3 Å². The van der Waals surface area contributed by atoms with E-state index in [9.17, 15) is 9.59 Å². The number of carbonyl (C=O) groups excluding carboxylic acids is 2. The Hall–Kier alpha value is -2.51. The molecular formula is C20H20ClN3O3S. The van der Waals surface area contributed by atoms with Gasteiger partial charge in [0.25, 0.3) is 0 Å². The predicted molar refractivity (Wildman–Crippen MR) is 114 cm³/mol. The second kappa shape index (κ2) is 9.12. The molecule has 8 heteroatoms. The summed E-state index contributed by atoms with van der Waals surface area (Å²) in [6, 6.07) is 14.2. The Kier molecular flexibility index (Phi) is 6.59. The summed E-state index contributed by atoms with van der Waals surface area (Å²) in [5.74, 6) is 0.263. The number of benzene rings is 2. The van der Waals surface area contributed by atoms with Crippen molar-refractivity contribution in [2.45, 2.75) is 18.6 Å². The number of nitrogens with one attached hydrogen (secondary N) is 1. The maximum Gasteiger partial charge on any atom is 0.238 e. The lowest BCUT2D eigenvalue weighted by molar-refractivity contribution is -0.129. The van der Waals surface area contributed by atoms with E-state index in [1.165, 1.54) is 11.8 Å². The summed E-state index contributed by atoms with van der Waals surface area (Å²) in [5.41, 5.74) is 1.25. The molecule has 2 aromatic rings. The topological polar surface area (TPSA) is 71.0 Å². The SMILES string of the molecule is CCN1C(=O)C[C@H](C(=O)Nc2cccc(OC)c2)SC1=Nc1cccc(Cl)c1. The molecule has 0 aliphatic carbocycles. The zero-order chi connectivity index (χ0) is 20.1. The molecule has 1 atom stereocenters. The van der Waals surface area contributed by atoms with E-state index in [0.29, 0.717) is 33.9 Å². The highest BCUT2D eigenvalue weighted by Gasteiger charge is 2.35. The molecule has 3 rings (SSSR count). The predicted octanol–water partition coefficient (Wildman–Crippen LogP) is 4.33. The third-order valence-electron chi connectivity index (χ3n) is 4.12. The lowest BCUT2D eigenvalue weighted by Gasteiger charge is -2.30. The van der Waals surface area contributed by atoms with Crippen molar-refractivity contribution < 1.29 is 14.3 Å². The maximum absolute atomic E-state index is 12.7. The van der Waals surface area contributed by atoms with Gasteiger partial charge in [-0.3, -0.25) is 14.5 Å². The molecule has 1 aliphatic rings. The van der Waals surface area contributed by atoms with E-state index in [1.54, 1.807) is 60.5 Å². The quantitative estimate of drug-likeness (QED) is 0.786. The van der Waals surface area contributed by atoms with Gasteiger partial charge in [-0.15, -0.1) is 0 Å². The van der Waals surface area contributed by atoms with Crippen molar-refractivity contribution in [3.05, 3.63) is 53.6 Å². The van der Waals surface area contributed by atoms with E-state index < -0.39 is 5.25 Å². The summed E-state index contributed by atoms with van der Waals surface area (Å²) in [6.07, 6.45) is 0.114. The van der Waals surface area contributed by atoms with Gasteiger partial charge in [0.15, 0.2) is 5.17 Å². The molecule has 2 aromatic carbocycles. The number of amides is 2. The number of ether oxygens (including phenoxy) is 1. The summed E-state index contributed by atoms with van der Waals surface area (Å²) in [5, 5.41) is 3.33. The fourth-order valence-electron chi connectivity index (χ4n) is 2.73. The molecule has 1 aliphatic heterocycles. The van der Waals surface area contributed by atoms with E-state index in [4.69, 9.17) is 16.3 Å². The Balaban J connectivity index is 1.80. The number of hydrogen-bond acceptors (Lipinski definition) is 5. The third kappa shape index (κ3) is 4.85. The highest BCUT2D eigenvalue weighted by atomic mass is 35.5. The van der Waals surface area contributed by atoms with Crippen molar-refractivity contribution in [1.29, 1.82) is 0 Å². The van der Waals surface area contributed by atoms with Crippen LogP contribution >= 0.6 is 23.4 Å². The number of rotatable bonds is 5. The van der Waals surface area contributed by atoms with Crippen molar-refractivity contribution in [2.75, 3.05) is 19.0 Å². The lowest BCUT2D eigenvalue weighted by atomic mass is 10.2. The third-order valence-corrected chi connectivity index (χ3v) is 5.54. The minimum Gasteiger partial charge on any atom is -0.497 e. The smallest absolute Gasteiger partial charge is 0.238 e. The molecule has 1 saturated heterocycles. The lowest BCUT2D eigenvalue weighted by Crippen LogP contribution is -2.45. The van der Waals surface area contributed by atoms with Crippen LogP contribution in [0.2, 0.25) is 5.02 Å². The molecular weight excluding hydrogens is 398 g/mol. The average molecular weight is 418 g/mol. The number of thioether (sulfide) groups is 1. The number of aliphatic imine (C=N–C) groups is 1. The van der Waals surface area contributed by atoms with Gasteiger partial charge in [0.1, 0.15) is 11.0 Å². The highest BCUT2D eigenvalue weighted by molar-refractivity contribution is 8.15. The van der Waals surface area contributed by atoms with Gasteiger partial charge in [-0.2, -0.15) is 0 Å². The van der Waals surface area contributed by atoms with Crippen LogP contribution in [0.1, 0.15) is 13.3 Å². The molecule has 1 fully saturated rings. The minimum absolute atomic E-state index is 0.114. The summed E-state index contributed by atoms with van der Waals surface area (Å²) >= 11 is 7.30. The summed E-state index contributed by atoms with van der Waals surface area (Å²) in [7, 11) is 1.56. The van der Waals surface area contributed by atoms with Crippen LogP contribution in [0.5, 0.6) is 5.75 Å². The second-order valence-electron chi connectivity index (χ2n) is 6.04. The standard InChI is InChI=1S/C20H20ClN3O3S/c1-3-24-18(25)12-17(19(26)22-15-8-5-9-16(11-15)27-2)28-20(24)23-14-7-4-6-13(21)10-14/h4-11,17H,3,12H2,1-2H3,(H,22,26)/t17-/m1/s1. The second-order valence-corrected chi connectivity index (χ2v) is 7.65. The van der Waals surface area contributed by atoms with Crippen LogP contribution in [0.15, 0.2) is 53.5 Å². The number of nitrogens with zero attached hydrogens (tertiary/aromatic N) is 2. The number of hydrogen-bond donors (Lipinski definition) is 1. The molecule has 0 spiro atoms. The first-order valence-corrected chi connectivity index (χ1v) is 10.0. The van der Waals surface area contributed by atoms with E-state index in [0.717, 1.165) is 0 Å². The van der Waals surface area contributed by atoms with Crippen molar-refractivity contribution in [3.63, 3.8) is 0 Å². The van der Waals surface area contributed by atoms with Gasteiger partial charge in [0.2, 0.25) is 11.8 Å². The fourth-order valence-corrected chi connectivity index (χ4v) is 4.08. The number of methoxy groups -OCH3 is 1. The molecule has 2 amide bonds. The van der Waals surface area contributed by atoms with Crippen molar-refractivity contribution in [3.8, 4) is 5.75 Å². The first-order chi connectivity index (χ1) is 13.5. The van der Waals surface area contributed by atoms with Crippen LogP contribution < -0.4 is 10.1 Å². The van der Waals surface area contributed by atoms with Gasteiger partial charge in [0, 0.05) is 29.7 Å². The number of amidine groups is 1. The van der Waals surface area contributed by atoms with Crippen molar-refractivity contribution in [2.24, 2.45) is 4.99 Å². The minimum atomic E-state index is -0.570. The maximum atomic E-state index is 12.7. The van der Waals surface area contributed by atoms with Crippen LogP contribution in [-0.2, 0) is 9.59 Å². The van der Waals surface area contributed by atoms with E-state index in [-0.39, 0.29) is 18.2 Å². The molecule has 0 saturated carbocycles. The zero-order valence-electron chi connectivity index (χ0n) is 15.5. The summed E-state index contributed by atoms with van der Waals surface area (Å²) in [6.45, 7) is 2.36. The van der Waals surface area contributed by atoms with Crippen molar-refractivity contribution in [1.82, 2.24) is 4.90 Å². The molecule has 0 unspecified atom stereocenters. The molecule has 1 N–H and O–H groups in total. The Labute approximate surface area is 172 Å². The van der Waals surface area contributed by atoms with Gasteiger partial charge in [-0.25, -0.2) is 4.99 Å². The number of carbonyl (C=O) groups is 2. The molecule has 1 heterocycles. The normalized spacial score (nSPS) is 18.2. The van der Waals surface area contributed by atoms with E-state index in [2.05, 4.69) is 10.3 Å². The first kappa shape index (κ1) is 20.2. The highest BCUT2D eigenvalue weighted by Crippen LogP contribution is 2.30. The van der Waals surface area contributed by atoms with E-state index in [1.807, 2.05) is 6.92 Å².